The summed E-state index contributed by atoms with van der Waals surface area (Å²) in [7, 11) is 0. The van der Waals surface area contributed by atoms with E-state index < -0.39 is 0 Å². The number of hydrogen-bond acceptors (Lipinski definition) is 4. The Morgan fingerprint density at radius 3 is 2.67 bits per heavy atom. The molecule has 2 heterocycles. The van der Waals surface area contributed by atoms with Gasteiger partial charge in [0.05, 0.1) is 19.8 Å². The van der Waals surface area contributed by atoms with E-state index in [2.05, 4.69) is 10.1 Å². The van der Waals surface area contributed by atoms with Crippen molar-refractivity contribution < 1.29 is 13.7 Å². The van der Waals surface area contributed by atoms with E-state index in [1.807, 2.05) is 54.3 Å². The number of aromatic nitrogens is 1. The van der Waals surface area contributed by atoms with E-state index >= 15 is 0 Å². The molecule has 6 nitrogen and oxygen atoms in total. The number of guanidine groups is 1. The first-order valence-corrected chi connectivity index (χ1v) is 10.0. The lowest BCUT2D eigenvalue weighted by Gasteiger charge is -2.27. The summed E-state index contributed by atoms with van der Waals surface area (Å²) in [6.45, 7) is 5.08. The zero-order valence-electron chi connectivity index (χ0n) is 16.9. The maximum absolute atomic E-state index is 14.7. The normalized spacial score (nSPS) is 15.9. The molecule has 1 unspecified atom stereocenters. The SMILES string of the molecule is CC(c1ccc(-c2ccccc2)c(F)c1)c1cc(CN=C(N)N2CCOCC2)no1. The van der Waals surface area contributed by atoms with Gasteiger partial charge in [-0.25, -0.2) is 9.38 Å². The van der Waals surface area contributed by atoms with Gasteiger partial charge in [0, 0.05) is 30.6 Å². The smallest absolute Gasteiger partial charge is 0.191 e. The highest BCUT2D eigenvalue weighted by Crippen LogP contribution is 2.29. The number of rotatable bonds is 5. The number of halogens is 1. The fourth-order valence-corrected chi connectivity index (χ4v) is 3.48. The van der Waals surface area contributed by atoms with Gasteiger partial charge in [-0.1, -0.05) is 54.5 Å². The van der Waals surface area contributed by atoms with Crippen molar-refractivity contribution in [3.8, 4) is 11.1 Å². The van der Waals surface area contributed by atoms with Crippen LogP contribution in [-0.4, -0.2) is 42.3 Å². The number of aliphatic imine (C=N–C) groups is 1. The Bertz CT molecular complexity index is 1010. The molecule has 156 valence electrons. The van der Waals surface area contributed by atoms with Crippen molar-refractivity contribution in [2.24, 2.45) is 10.7 Å². The molecule has 2 aromatic carbocycles. The first kappa shape index (κ1) is 20.1. The monoisotopic (exact) mass is 408 g/mol. The van der Waals surface area contributed by atoms with E-state index in [4.69, 9.17) is 15.0 Å². The molecule has 1 aliphatic heterocycles. The predicted molar refractivity (Wildman–Crippen MR) is 114 cm³/mol. The summed E-state index contributed by atoms with van der Waals surface area (Å²) in [4.78, 5) is 6.40. The topological polar surface area (TPSA) is 76.9 Å². The maximum Gasteiger partial charge on any atom is 0.191 e. The number of benzene rings is 2. The van der Waals surface area contributed by atoms with Gasteiger partial charge in [0.15, 0.2) is 5.96 Å². The number of ether oxygens (including phenoxy) is 1. The number of morpholine rings is 1. The molecule has 0 amide bonds. The summed E-state index contributed by atoms with van der Waals surface area (Å²) in [6, 6.07) is 16.6. The molecule has 0 radical (unpaired) electrons. The molecule has 4 rings (SSSR count). The summed E-state index contributed by atoms with van der Waals surface area (Å²) >= 11 is 0. The van der Waals surface area contributed by atoms with E-state index in [0.29, 0.717) is 42.7 Å². The Labute approximate surface area is 175 Å². The van der Waals surface area contributed by atoms with E-state index in [-0.39, 0.29) is 11.7 Å². The van der Waals surface area contributed by atoms with Gasteiger partial charge in [0.1, 0.15) is 17.3 Å². The van der Waals surface area contributed by atoms with E-state index in [1.54, 1.807) is 12.1 Å². The fourth-order valence-electron chi connectivity index (χ4n) is 3.48. The molecule has 1 atom stereocenters. The van der Waals surface area contributed by atoms with Crippen LogP contribution < -0.4 is 5.73 Å². The van der Waals surface area contributed by atoms with Crippen LogP contribution >= 0.6 is 0 Å². The van der Waals surface area contributed by atoms with Gasteiger partial charge in [0.2, 0.25) is 0 Å². The standard InChI is InChI=1S/C23H25FN4O2/c1-16(18-7-8-20(21(24)13-18)17-5-3-2-4-6-17)22-14-19(27-30-22)15-26-23(25)28-9-11-29-12-10-28/h2-8,13-14,16H,9-12,15H2,1H3,(H2,25,26). The maximum atomic E-state index is 14.7. The van der Waals surface area contributed by atoms with Gasteiger partial charge < -0.3 is 19.9 Å². The molecule has 1 fully saturated rings. The molecule has 0 saturated carbocycles. The fraction of sp³-hybridized carbons (Fsp3) is 0.304. The van der Waals surface area contributed by atoms with Crippen LogP contribution in [0, 0.1) is 5.82 Å². The average Bonchev–Trinajstić information content (AvgIpc) is 3.27. The average molecular weight is 408 g/mol. The van der Waals surface area contributed by atoms with Gasteiger partial charge in [-0.15, -0.1) is 0 Å². The van der Waals surface area contributed by atoms with Crippen molar-refractivity contribution >= 4 is 5.96 Å². The molecule has 7 heteroatoms. The Balaban J connectivity index is 1.45. The minimum absolute atomic E-state index is 0.133. The third kappa shape index (κ3) is 4.52. The molecule has 2 N–H and O–H groups in total. The van der Waals surface area contributed by atoms with Crippen molar-refractivity contribution in [3.63, 3.8) is 0 Å². The van der Waals surface area contributed by atoms with Gasteiger partial charge in [-0.3, -0.25) is 0 Å². The molecule has 0 aliphatic carbocycles. The lowest BCUT2D eigenvalue weighted by Crippen LogP contribution is -2.44. The largest absolute Gasteiger partial charge is 0.378 e. The summed E-state index contributed by atoms with van der Waals surface area (Å²) < 4.78 is 25.5. The number of nitrogens with two attached hydrogens (primary N) is 1. The van der Waals surface area contributed by atoms with Crippen LogP contribution in [0.4, 0.5) is 4.39 Å². The van der Waals surface area contributed by atoms with Crippen molar-refractivity contribution in [1.82, 2.24) is 10.1 Å². The molecule has 1 aromatic heterocycles. The quantitative estimate of drug-likeness (QED) is 0.514. The minimum Gasteiger partial charge on any atom is -0.378 e. The van der Waals surface area contributed by atoms with Crippen molar-refractivity contribution in [1.29, 1.82) is 0 Å². The van der Waals surface area contributed by atoms with Crippen molar-refractivity contribution in [2.45, 2.75) is 19.4 Å². The molecule has 1 aliphatic rings. The van der Waals surface area contributed by atoms with Crippen molar-refractivity contribution in [2.75, 3.05) is 26.3 Å². The van der Waals surface area contributed by atoms with Crippen LogP contribution in [0.2, 0.25) is 0 Å². The number of hydrogen-bond donors (Lipinski definition) is 1. The van der Waals surface area contributed by atoms with Gasteiger partial charge in [0.25, 0.3) is 0 Å². The molecule has 1 saturated heterocycles. The van der Waals surface area contributed by atoms with Crippen LogP contribution in [0.15, 0.2) is 64.1 Å². The van der Waals surface area contributed by atoms with E-state index in [0.717, 1.165) is 24.2 Å². The first-order chi connectivity index (χ1) is 14.6. The highest BCUT2D eigenvalue weighted by atomic mass is 19.1. The van der Waals surface area contributed by atoms with Gasteiger partial charge in [-0.2, -0.15) is 0 Å². The third-order valence-corrected chi connectivity index (χ3v) is 5.32. The summed E-state index contributed by atoms with van der Waals surface area (Å²) in [5.74, 6) is 0.755. The van der Waals surface area contributed by atoms with Crippen LogP contribution in [0.3, 0.4) is 0 Å². The van der Waals surface area contributed by atoms with Crippen LogP contribution in [0.5, 0.6) is 0 Å². The second-order valence-corrected chi connectivity index (χ2v) is 7.32. The number of nitrogens with zero attached hydrogens (tertiary/aromatic N) is 3. The molecule has 0 spiro atoms. The second kappa shape index (κ2) is 9.09. The molecular weight excluding hydrogens is 383 g/mol. The first-order valence-electron chi connectivity index (χ1n) is 10.0. The predicted octanol–water partition coefficient (Wildman–Crippen LogP) is 3.78. The zero-order valence-corrected chi connectivity index (χ0v) is 16.9. The second-order valence-electron chi connectivity index (χ2n) is 7.32. The minimum atomic E-state index is -0.256. The zero-order chi connectivity index (χ0) is 20.9. The Morgan fingerprint density at radius 1 is 1.17 bits per heavy atom. The lowest BCUT2D eigenvalue weighted by atomic mass is 9.95. The third-order valence-electron chi connectivity index (χ3n) is 5.32. The summed E-state index contributed by atoms with van der Waals surface area (Å²) in [5, 5.41) is 4.09. The highest BCUT2D eigenvalue weighted by Gasteiger charge is 2.17. The van der Waals surface area contributed by atoms with Crippen molar-refractivity contribution in [3.05, 3.63) is 77.4 Å². The molecule has 30 heavy (non-hydrogen) atoms. The summed E-state index contributed by atoms with van der Waals surface area (Å²) in [5.41, 5.74) is 9.00. The Hall–Kier alpha value is -3.19. The highest BCUT2D eigenvalue weighted by molar-refractivity contribution is 5.78. The van der Waals surface area contributed by atoms with Crippen LogP contribution in [0.25, 0.3) is 11.1 Å². The molecule has 0 bridgehead atoms. The molecular formula is C23H25FN4O2. The van der Waals surface area contributed by atoms with Crippen LogP contribution in [0.1, 0.15) is 29.9 Å². The lowest BCUT2D eigenvalue weighted by molar-refractivity contribution is 0.0674. The van der Waals surface area contributed by atoms with E-state index in [9.17, 15) is 4.39 Å². The molecule has 3 aromatic rings. The van der Waals surface area contributed by atoms with Crippen LogP contribution in [-0.2, 0) is 11.3 Å². The summed E-state index contributed by atoms with van der Waals surface area (Å²) in [6.07, 6.45) is 0. The van der Waals surface area contributed by atoms with Gasteiger partial charge in [-0.05, 0) is 17.2 Å². The Kier molecular flexibility index (Phi) is 6.09. The van der Waals surface area contributed by atoms with Gasteiger partial charge >= 0.3 is 0 Å². The Morgan fingerprint density at radius 2 is 1.93 bits per heavy atom. The van der Waals surface area contributed by atoms with E-state index in [1.165, 1.54) is 0 Å².